The summed E-state index contributed by atoms with van der Waals surface area (Å²) in [4.78, 5) is 16.1. The first-order chi connectivity index (χ1) is 7.66. The quantitative estimate of drug-likeness (QED) is 0.895. The summed E-state index contributed by atoms with van der Waals surface area (Å²) >= 11 is 1.56. The van der Waals surface area contributed by atoms with E-state index >= 15 is 0 Å². The van der Waals surface area contributed by atoms with Crippen molar-refractivity contribution in [2.75, 3.05) is 19.6 Å². The fourth-order valence-electron chi connectivity index (χ4n) is 1.48. The molecule has 0 unspecified atom stereocenters. The molecule has 0 atom stereocenters. The lowest BCUT2D eigenvalue weighted by Crippen LogP contribution is -2.48. The van der Waals surface area contributed by atoms with Gasteiger partial charge in [-0.1, -0.05) is 13.8 Å². The Morgan fingerprint density at radius 2 is 2.22 bits per heavy atom. The molecule has 1 aliphatic heterocycles. The number of carbonyl (C=O) groups excluding carboxylic acids is 1. The largest absolute Gasteiger partial charge is 0.350 e. The first kappa shape index (κ1) is 17.6. The van der Waals surface area contributed by atoms with Crippen LogP contribution in [0.4, 0.5) is 0 Å². The van der Waals surface area contributed by atoms with Crippen molar-refractivity contribution in [3.63, 3.8) is 0 Å². The van der Waals surface area contributed by atoms with Gasteiger partial charge in [0.15, 0.2) is 0 Å². The van der Waals surface area contributed by atoms with Gasteiger partial charge in [-0.05, 0) is 0 Å². The van der Waals surface area contributed by atoms with Gasteiger partial charge in [0.2, 0.25) is 0 Å². The standard InChI is InChI=1S/C11H17N3OS.2ClH/c1-7(2)11-14-9(6-16-11)10(15)13-5-8-3-12-4-8;;/h6-8,12H,3-5H2,1-2H3,(H,13,15);2*1H. The van der Waals surface area contributed by atoms with Crippen molar-refractivity contribution in [1.82, 2.24) is 15.6 Å². The van der Waals surface area contributed by atoms with Crippen molar-refractivity contribution >= 4 is 42.1 Å². The van der Waals surface area contributed by atoms with Gasteiger partial charge >= 0.3 is 0 Å². The molecule has 2 heterocycles. The van der Waals surface area contributed by atoms with Crippen LogP contribution in [0.3, 0.4) is 0 Å². The molecule has 1 fully saturated rings. The summed E-state index contributed by atoms with van der Waals surface area (Å²) in [5.41, 5.74) is 0.556. The van der Waals surface area contributed by atoms with Gasteiger partial charge in [0, 0.05) is 36.9 Å². The summed E-state index contributed by atoms with van der Waals surface area (Å²) in [7, 11) is 0. The summed E-state index contributed by atoms with van der Waals surface area (Å²) in [5.74, 6) is 0.935. The Morgan fingerprint density at radius 3 is 2.67 bits per heavy atom. The topological polar surface area (TPSA) is 54.0 Å². The van der Waals surface area contributed by atoms with E-state index in [4.69, 9.17) is 0 Å². The number of nitrogens with zero attached hydrogens (tertiary/aromatic N) is 1. The Labute approximate surface area is 124 Å². The van der Waals surface area contributed by atoms with Gasteiger partial charge in [-0.3, -0.25) is 4.79 Å². The van der Waals surface area contributed by atoms with Crippen LogP contribution in [-0.2, 0) is 0 Å². The summed E-state index contributed by atoms with van der Waals surface area (Å²) in [6.45, 7) is 6.94. The average molecular weight is 312 g/mol. The van der Waals surface area contributed by atoms with E-state index in [1.165, 1.54) is 0 Å². The van der Waals surface area contributed by atoms with E-state index < -0.39 is 0 Å². The third-order valence-corrected chi connectivity index (χ3v) is 3.81. The second kappa shape index (κ2) is 7.94. The third kappa shape index (κ3) is 4.39. The van der Waals surface area contributed by atoms with Crippen LogP contribution in [0.25, 0.3) is 0 Å². The molecule has 0 bridgehead atoms. The second-order valence-electron chi connectivity index (χ2n) is 4.46. The highest BCUT2D eigenvalue weighted by Crippen LogP contribution is 2.19. The predicted molar refractivity (Wildman–Crippen MR) is 79.4 cm³/mol. The molecule has 1 aromatic rings. The number of hydrogen-bond acceptors (Lipinski definition) is 4. The maximum Gasteiger partial charge on any atom is 0.270 e. The molecular weight excluding hydrogens is 293 g/mol. The number of rotatable bonds is 4. The van der Waals surface area contributed by atoms with E-state index in [0.29, 0.717) is 17.5 Å². The first-order valence-corrected chi connectivity index (χ1v) is 6.49. The molecule has 0 aromatic carbocycles. The SMILES string of the molecule is CC(C)c1nc(C(=O)NCC2CNC2)cs1.Cl.Cl. The van der Waals surface area contributed by atoms with E-state index in [-0.39, 0.29) is 30.7 Å². The first-order valence-electron chi connectivity index (χ1n) is 5.61. The van der Waals surface area contributed by atoms with Crippen molar-refractivity contribution in [3.05, 3.63) is 16.1 Å². The highest BCUT2D eigenvalue weighted by atomic mass is 35.5. The molecule has 2 rings (SSSR count). The van der Waals surface area contributed by atoms with Crippen LogP contribution in [0.1, 0.15) is 35.3 Å². The summed E-state index contributed by atoms with van der Waals surface area (Å²) in [6, 6.07) is 0. The van der Waals surface area contributed by atoms with E-state index in [1.54, 1.807) is 11.3 Å². The van der Waals surface area contributed by atoms with Crippen LogP contribution in [-0.4, -0.2) is 30.5 Å². The van der Waals surface area contributed by atoms with Crippen LogP contribution in [0.15, 0.2) is 5.38 Å². The van der Waals surface area contributed by atoms with Crippen LogP contribution in [0.5, 0.6) is 0 Å². The Bertz CT molecular complexity index is 380. The fraction of sp³-hybridized carbons (Fsp3) is 0.636. The molecule has 18 heavy (non-hydrogen) atoms. The predicted octanol–water partition coefficient (Wildman–Crippen LogP) is 2.06. The fourth-order valence-corrected chi connectivity index (χ4v) is 2.29. The second-order valence-corrected chi connectivity index (χ2v) is 5.35. The number of carbonyl (C=O) groups is 1. The van der Waals surface area contributed by atoms with Crippen LogP contribution < -0.4 is 10.6 Å². The highest BCUT2D eigenvalue weighted by Gasteiger charge is 2.18. The van der Waals surface area contributed by atoms with Crippen LogP contribution in [0, 0.1) is 5.92 Å². The zero-order valence-corrected chi connectivity index (χ0v) is 12.9. The van der Waals surface area contributed by atoms with Crippen molar-refractivity contribution < 1.29 is 4.79 Å². The molecule has 0 saturated carbocycles. The minimum absolute atomic E-state index is 0. The average Bonchev–Trinajstić information content (AvgIpc) is 2.63. The molecule has 1 aromatic heterocycles. The lowest BCUT2D eigenvalue weighted by molar-refractivity contribution is 0.0937. The smallest absolute Gasteiger partial charge is 0.270 e. The lowest BCUT2D eigenvalue weighted by atomic mass is 10.0. The molecule has 4 nitrogen and oxygen atoms in total. The molecule has 1 amide bonds. The van der Waals surface area contributed by atoms with Crippen molar-refractivity contribution in [1.29, 1.82) is 0 Å². The zero-order chi connectivity index (χ0) is 11.5. The Hall–Kier alpha value is -0.360. The lowest BCUT2D eigenvalue weighted by Gasteiger charge is -2.26. The van der Waals surface area contributed by atoms with Gasteiger partial charge in [-0.25, -0.2) is 4.98 Å². The normalized spacial score (nSPS) is 14.4. The number of hydrogen-bond donors (Lipinski definition) is 2. The molecule has 0 aliphatic carbocycles. The number of halogens is 2. The molecule has 0 radical (unpaired) electrons. The summed E-state index contributed by atoms with van der Waals surface area (Å²) < 4.78 is 0. The monoisotopic (exact) mass is 311 g/mol. The molecule has 0 spiro atoms. The van der Waals surface area contributed by atoms with E-state index in [1.807, 2.05) is 5.38 Å². The maximum absolute atomic E-state index is 11.7. The van der Waals surface area contributed by atoms with Crippen LogP contribution >= 0.6 is 36.2 Å². The van der Waals surface area contributed by atoms with Gasteiger partial charge in [0.05, 0.1) is 5.01 Å². The molecular formula is C11H19Cl2N3OS. The number of nitrogens with one attached hydrogen (secondary N) is 2. The van der Waals surface area contributed by atoms with E-state index in [2.05, 4.69) is 29.5 Å². The van der Waals surface area contributed by atoms with Crippen molar-refractivity contribution in [2.24, 2.45) is 5.92 Å². The van der Waals surface area contributed by atoms with Crippen molar-refractivity contribution in [2.45, 2.75) is 19.8 Å². The molecule has 2 N–H and O–H groups in total. The van der Waals surface area contributed by atoms with Crippen LogP contribution in [0.2, 0.25) is 0 Å². The van der Waals surface area contributed by atoms with Crippen molar-refractivity contribution in [3.8, 4) is 0 Å². The number of thiazole rings is 1. The Morgan fingerprint density at radius 1 is 1.56 bits per heavy atom. The minimum Gasteiger partial charge on any atom is -0.350 e. The zero-order valence-electron chi connectivity index (χ0n) is 10.4. The highest BCUT2D eigenvalue weighted by molar-refractivity contribution is 7.09. The number of aromatic nitrogens is 1. The Kier molecular flexibility index (Phi) is 7.78. The summed E-state index contributed by atoms with van der Waals surface area (Å²) in [6.07, 6.45) is 0. The molecule has 104 valence electrons. The van der Waals surface area contributed by atoms with Gasteiger partial charge in [0.25, 0.3) is 5.91 Å². The Balaban J connectivity index is 0.00000144. The molecule has 7 heteroatoms. The molecule has 1 aliphatic rings. The number of amides is 1. The third-order valence-electron chi connectivity index (χ3n) is 2.67. The van der Waals surface area contributed by atoms with Gasteiger partial charge < -0.3 is 10.6 Å². The van der Waals surface area contributed by atoms with Gasteiger partial charge in [-0.15, -0.1) is 36.2 Å². The minimum atomic E-state index is -0.0462. The van der Waals surface area contributed by atoms with E-state index in [0.717, 1.165) is 24.6 Å². The maximum atomic E-state index is 11.7. The van der Waals surface area contributed by atoms with Gasteiger partial charge in [-0.2, -0.15) is 0 Å². The van der Waals surface area contributed by atoms with Gasteiger partial charge in [0.1, 0.15) is 5.69 Å². The summed E-state index contributed by atoms with van der Waals surface area (Å²) in [5, 5.41) is 8.96. The van der Waals surface area contributed by atoms with E-state index in [9.17, 15) is 4.79 Å². The molecule has 1 saturated heterocycles.